The van der Waals surface area contributed by atoms with Crippen molar-refractivity contribution in [2.75, 3.05) is 26.7 Å². The zero-order valence-corrected chi connectivity index (χ0v) is 10.5. The third-order valence-corrected chi connectivity index (χ3v) is 3.56. The maximum Gasteiger partial charge on any atom is 0.123 e. The lowest BCUT2D eigenvalue weighted by atomic mass is 10.1. The third-order valence-electron chi connectivity index (χ3n) is 3.56. The summed E-state index contributed by atoms with van der Waals surface area (Å²) in [5.41, 5.74) is 1.19. The molecule has 2 nitrogen and oxygen atoms in total. The Morgan fingerprint density at radius 1 is 1.35 bits per heavy atom. The number of rotatable bonds is 5. The lowest BCUT2D eigenvalue weighted by molar-refractivity contribution is 0.301. The smallest absolute Gasteiger partial charge is 0.123 e. The molecule has 1 atom stereocenters. The Hall–Kier alpha value is -0.930. The van der Waals surface area contributed by atoms with Gasteiger partial charge in [0, 0.05) is 12.6 Å². The minimum Gasteiger partial charge on any atom is -0.315 e. The number of hydrogen-bond acceptors (Lipinski definition) is 2. The summed E-state index contributed by atoms with van der Waals surface area (Å²) in [6, 6.07) is 7.47. The van der Waals surface area contributed by atoms with E-state index in [9.17, 15) is 4.39 Å². The molecule has 1 heterocycles. The number of hydrogen-bond donors (Lipinski definition) is 1. The number of likely N-dealkylation sites (tertiary alicyclic amines) is 1. The molecule has 0 spiro atoms. The maximum atomic E-state index is 12.7. The van der Waals surface area contributed by atoms with Gasteiger partial charge in [-0.1, -0.05) is 12.1 Å². The van der Waals surface area contributed by atoms with E-state index in [1.54, 1.807) is 0 Å². The van der Waals surface area contributed by atoms with E-state index in [-0.39, 0.29) is 5.82 Å². The molecule has 0 aliphatic carbocycles. The first-order chi connectivity index (χ1) is 8.25. The van der Waals surface area contributed by atoms with Crippen molar-refractivity contribution in [2.45, 2.75) is 25.3 Å². The molecule has 1 aromatic carbocycles. The number of halogens is 1. The summed E-state index contributed by atoms with van der Waals surface area (Å²) >= 11 is 0. The van der Waals surface area contributed by atoms with Crippen molar-refractivity contribution in [3.8, 4) is 0 Å². The maximum absolute atomic E-state index is 12.7. The van der Waals surface area contributed by atoms with Crippen LogP contribution in [0.3, 0.4) is 0 Å². The first-order valence-electron chi connectivity index (χ1n) is 6.41. The molecule has 17 heavy (non-hydrogen) atoms. The zero-order chi connectivity index (χ0) is 12.1. The van der Waals surface area contributed by atoms with Gasteiger partial charge in [-0.05, 0) is 57.1 Å². The number of benzene rings is 1. The molecule has 0 radical (unpaired) electrons. The van der Waals surface area contributed by atoms with E-state index in [2.05, 4.69) is 17.3 Å². The Kier molecular flexibility index (Phi) is 4.51. The summed E-state index contributed by atoms with van der Waals surface area (Å²) < 4.78 is 12.7. The molecule has 0 saturated carbocycles. The van der Waals surface area contributed by atoms with E-state index in [4.69, 9.17) is 0 Å². The Labute approximate surface area is 103 Å². The molecule has 1 saturated heterocycles. The first kappa shape index (κ1) is 12.5. The quantitative estimate of drug-likeness (QED) is 0.787. The van der Waals surface area contributed by atoms with Gasteiger partial charge in [-0.15, -0.1) is 0 Å². The fourth-order valence-electron chi connectivity index (χ4n) is 2.39. The van der Waals surface area contributed by atoms with Crippen LogP contribution in [0, 0.1) is 5.82 Å². The molecule has 1 fully saturated rings. The van der Waals surface area contributed by atoms with Gasteiger partial charge >= 0.3 is 0 Å². The van der Waals surface area contributed by atoms with Crippen molar-refractivity contribution in [3.63, 3.8) is 0 Å². The molecule has 0 bridgehead atoms. The highest BCUT2D eigenvalue weighted by atomic mass is 19.1. The minimum absolute atomic E-state index is 0.158. The molecular weight excluding hydrogens is 215 g/mol. The fourth-order valence-corrected chi connectivity index (χ4v) is 2.39. The fraction of sp³-hybridized carbons (Fsp3) is 0.571. The Bertz CT molecular complexity index is 337. The summed E-state index contributed by atoms with van der Waals surface area (Å²) in [4.78, 5) is 2.42. The Balaban J connectivity index is 1.64. The lowest BCUT2D eigenvalue weighted by Crippen LogP contribution is -2.36. The van der Waals surface area contributed by atoms with Crippen molar-refractivity contribution >= 4 is 0 Å². The van der Waals surface area contributed by atoms with Crippen molar-refractivity contribution < 1.29 is 4.39 Å². The van der Waals surface area contributed by atoms with Crippen LogP contribution in [0.25, 0.3) is 0 Å². The van der Waals surface area contributed by atoms with E-state index in [0.29, 0.717) is 6.04 Å². The zero-order valence-electron chi connectivity index (χ0n) is 10.5. The van der Waals surface area contributed by atoms with Crippen LogP contribution in [-0.2, 0) is 6.42 Å². The standard InChI is InChI=1S/C14H21FN2/c1-17-10-2-3-14(17)11-16-9-8-12-4-6-13(15)7-5-12/h4-7,14,16H,2-3,8-11H2,1H3. The van der Waals surface area contributed by atoms with E-state index in [1.165, 1.54) is 37.1 Å². The summed E-state index contributed by atoms with van der Waals surface area (Å²) in [6.07, 6.45) is 3.59. The first-order valence-corrected chi connectivity index (χ1v) is 6.41. The highest BCUT2D eigenvalue weighted by Crippen LogP contribution is 2.13. The lowest BCUT2D eigenvalue weighted by Gasteiger charge is -2.19. The monoisotopic (exact) mass is 236 g/mol. The molecule has 1 aromatic rings. The predicted octanol–water partition coefficient (Wildman–Crippen LogP) is 2.05. The molecular formula is C14H21FN2. The average molecular weight is 236 g/mol. The molecule has 1 unspecified atom stereocenters. The van der Waals surface area contributed by atoms with Gasteiger partial charge in [0.1, 0.15) is 5.82 Å². The van der Waals surface area contributed by atoms with Gasteiger partial charge in [-0.3, -0.25) is 0 Å². The molecule has 94 valence electrons. The van der Waals surface area contributed by atoms with Crippen LogP contribution < -0.4 is 5.32 Å². The van der Waals surface area contributed by atoms with Crippen molar-refractivity contribution in [2.24, 2.45) is 0 Å². The summed E-state index contributed by atoms with van der Waals surface area (Å²) in [5.74, 6) is -0.158. The number of nitrogens with zero attached hydrogens (tertiary/aromatic N) is 1. The van der Waals surface area contributed by atoms with Crippen molar-refractivity contribution in [1.29, 1.82) is 0 Å². The van der Waals surface area contributed by atoms with Crippen LogP contribution in [0.1, 0.15) is 18.4 Å². The van der Waals surface area contributed by atoms with Crippen molar-refractivity contribution in [3.05, 3.63) is 35.6 Å². The second-order valence-corrected chi connectivity index (χ2v) is 4.86. The third kappa shape index (κ3) is 3.79. The Morgan fingerprint density at radius 3 is 2.76 bits per heavy atom. The van der Waals surface area contributed by atoms with Gasteiger partial charge in [-0.25, -0.2) is 4.39 Å². The van der Waals surface area contributed by atoms with Gasteiger partial charge in [0.2, 0.25) is 0 Å². The van der Waals surface area contributed by atoms with Gasteiger partial charge in [-0.2, -0.15) is 0 Å². The normalized spacial score (nSPS) is 20.9. The topological polar surface area (TPSA) is 15.3 Å². The van der Waals surface area contributed by atoms with Gasteiger partial charge in [0.05, 0.1) is 0 Å². The highest BCUT2D eigenvalue weighted by Gasteiger charge is 2.19. The van der Waals surface area contributed by atoms with E-state index < -0.39 is 0 Å². The van der Waals surface area contributed by atoms with E-state index in [1.807, 2.05) is 12.1 Å². The van der Waals surface area contributed by atoms with Gasteiger partial charge in [0.25, 0.3) is 0 Å². The van der Waals surface area contributed by atoms with Crippen LogP contribution >= 0.6 is 0 Å². The molecule has 0 amide bonds. The summed E-state index contributed by atoms with van der Waals surface area (Å²) in [5, 5.41) is 3.49. The average Bonchev–Trinajstić information content (AvgIpc) is 2.73. The van der Waals surface area contributed by atoms with Crippen molar-refractivity contribution in [1.82, 2.24) is 10.2 Å². The van der Waals surface area contributed by atoms with Crippen LogP contribution in [0.4, 0.5) is 4.39 Å². The summed E-state index contributed by atoms with van der Waals surface area (Å²) in [7, 11) is 2.19. The van der Waals surface area contributed by atoms with E-state index >= 15 is 0 Å². The highest BCUT2D eigenvalue weighted by molar-refractivity contribution is 5.16. The van der Waals surface area contributed by atoms with Crippen LogP contribution in [0.5, 0.6) is 0 Å². The number of nitrogens with one attached hydrogen (secondary N) is 1. The number of likely N-dealkylation sites (N-methyl/N-ethyl adjacent to an activating group) is 1. The molecule has 2 rings (SSSR count). The Morgan fingerprint density at radius 2 is 2.12 bits per heavy atom. The molecule has 1 N–H and O–H groups in total. The second kappa shape index (κ2) is 6.12. The van der Waals surface area contributed by atoms with Crippen LogP contribution in [0.15, 0.2) is 24.3 Å². The predicted molar refractivity (Wildman–Crippen MR) is 68.6 cm³/mol. The van der Waals surface area contributed by atoms with Gasteiger partial charge in [0.15, 0.2) is 0 Å². The summed E-state index contributed by atoms with van der Waals surface area (Å²) in [6.45, 7) is 3.26. The van der Waals surface area contributed by atoms with Crippen LogP contribution in [-0.4, -0.2) is 37.6 Å². The molecule has 3 heteroatoms. The van der Waals surface area contributed by atoms with Gasteiger partial charge < -0.3 is 10.2 Å². The molecule has 1 aliphatic rings. The second-order valence-electron chi connectivity index (χ2n) is 4.86. The largest absolute Gasteiger partial charge is 0.315 e. The van der Waals surface area contributed by atoms with E-state index in [0.717, 1.165) is 19.5 Å². The molecule has 0 aromatic heterocycles. The molecule has 1 aliphatic heterocycles. The van der Waals surface area contributed by atoms with Crippen LogP contribution in [0.2, 0.25) is 0 Å². The SMILES string of the molecule is CN1CCCC1CNCCc1ccc(F)cc1. The minimum atomic E-state index is -0.158.